The number of esters is 1. The molecular formula is C13H19BrO4. The van der Waals surface area contributed by atoms with E-state index in [9.17, 15) is 9.59 Å². The number of hydrogen-bond acceptors (Lipinski definition) is 4. The second kappa shape index (κ2) is 8.43. The summed E-state index contributed by atoms with van der Waals surface area (Å²) in [6.45, 7) is 2.69. The molecule has 0 saturated carbocycles. The van der Waals surface area contributed by atoms with Crippen LogP contribution in [-0.4, -0.2) is 36.4 Å². The molecule has 1 aliphatic carbocycles. The van der Waals surface area contributed by atoms with Gasteiger partial charge in [-0.3, -0.25) is 4.79 Å². The first-order valence-corrected chi connectivity index (χ1v) is 7.16. The van der Waals surface area contributed by atoms with E-state index in [1.54, 1.807) is 6.92 Å². The van der Waals surface area contributed by atoms with Crippen molar-refractivity contribution in [1.82, 2.24) is 0 Å². The van der Waals surface area contributed by atoms with Crippen LogP contribution in [0, 0.1) is 0 Å². The van der Waals surface area contributed by atoms with E-state index in [1.165, 1.54) is 0 Å². The van der Waals surface area contributed by atoms with Crippen molar-refractivity contribution in [3.63, 3.8) is 0 Å². The summed E-state index contributed by atoms with van der Waals surface area (Å²) in [7, 11) is 0. The topological polar surface area (TPSA) is 52.6 Å². The lowest BCUT2D eigenvalue weighted by molar-refractivity contribution is -0.148. The maximum Gasteiger partial charge on any atom is 0.332 e. The Hall–Kier alpha value is -0.680. The Kier molecular flexibility index (Phi) is 7.20. The van der Waals surface area contributed by atoms with Gasteiger partial charge in [0, 0.05) is 17.9 Å². The highest BCUT2D eigenvalue weighted by molar-refractivity contribution is 9.09. The molecule has 5 heteroatoms. The van der Waals surface area contributed by atoms with Crippen molar-refractivity contribution in [1.29, 1.82) is 0 Å². The monoisotopic (exact) mass is 318 g/mol. The predicted molar refractivity (Wildman–Crippen MR) is 71.7 cm³/mol. The Bertz CT molecular complexity index is 325. The number of rotatable bonds is 8. The van der Waals surface area contributed by atoms with Crippen LogP contribution in [0.5, 0.6) is 0 Å². The van der Waals surface area contributed by atoms with Crippen LogP contribution in [0.3, 0.4) is 0 Å². The maximum atomic E-state index is 11.5. The Labute approximate surface area is 116 Å². The van der Waals surface area contributed by atoms with Crippen molar-refractivity contribution >= 4 is 27.7 Å². The summed E-state index contributed by atoms with van der Waals surface area (Å²) in [4.78, 5) is 22.6. The van der Waals surface area contributed by atoms with Crippen LogP contribution in [0.4, 0.5) is 0 Å². The molecule has 0 aromatic carbocycles. The lowest BCUT2D eigenvalue weighted by Crippen LogP contribution is -2.12. The summed E-state index contributed by atoms with van der Waals surface area (Å²) in [6.07, 6.45) is 5.11. The first-order valence-electron chi connectivity index (χ1n) is 6.24. The smallest absolute Gasteiger partial charge is 0.332 e. The second-order valence-electron chi connectivity index (χ2n) is 4.15. The van der Waals surface area contributed by atoms with Gasteiger partial charge in [0.15, 0.2) is 5.78 Å². The van der Waals surface area contributed by atoms with Gasteiger partial charge in [0.25, 0.3) is 0 Å². The van der Waals surface area contributed by atoms with Gasteiger partial charge in [-0.2, -0.15) is 0 Å². The van der Waals surface area contributed by atoms with E-state index < -0.39 is 0 Å². The van der Waals surface area contributed by atoms with Gasteiger partial charge < -0.3 is 9.47 Å². The normalized spacial score (nSPS) is 18.9. The number of alkyl halides is 1. The highest BCUT2D eigenvalue weighted by atomic mass is 79.9. The molecule has 0 bridgehead atoms. The van der Waals surface area contributed by atoms with Gasteiger partial charge in [0.2, 0.25) is 0 Å². The number of ether oxygens (including phenoxy) is 2. The standard InChI is InChI=1S/C13H19BrO4/c1-2-18-13(16)9-17-6-4-3-5-10-7-11(14)8-12(10)15/h7,11H,2-6,8-9H2,1H3. The summed E-state index contributed by atoms with van der Waals surface area (Å²) in [5, 5.41) is 0. The largest absolute Gasteiger partial charge is 0.464 e. The number of ketones is 1. The van der Waals surface area contributed by atoms with Crippen LogP contribution in [0.15, 0.2) is 11.6 Å². The fourth-order valence-corrected chi connectivity index (χ4v) is 2.39. The molecule has 0 amide bonds. The quantitative estimate of drug-likeness (QED) is 0.392. The molecule has 1 atom stereocenters. The van der Waals surface area contributed by atoms with E-state index in [2.05, 4.69) is 15.9 Å². The van der Waals surface area contributed by atoms with E-state index in [-0.39, 0.29) is 23.2 Å². The summed E-state index contributed by atoms with van der Waals surface area (Å²) < 4.78 is 9.91. The van der Waals surface area contributed by atoms with Crippen LogP contribution >= 0.6 is 15.9 Å². The first kappa shape index (κ1) is 15.4. The van der Waals surface area contributed by atoms with Crippen molar-refractivity contribution < 1.29 is 19.1 Å². The molecule has 0 heterocycles. The zero-order valence-corrected chi connectivity index (χ0v) is 12.2. The van der Waals surface area contributed by atoms with E-state index in [1.807, 2.05) is 6.08 Å². The zero-order chi connectivity index (χ0) is 13.4. The number of carbonyl (C=O) groups is 2. The van der Waals surface area contributed by atoms with Crippen molar-refractivity contribution in [2.24, 2.45) is 0 Å². The maximum absolute atomic E-state index is 11.5. The summed E-state index contributed by atoms with van der Waals surface area (Å²) >= 11 is 3.41. The van der Waals surface area contributed by atoms with Gasteiger partial charge in [0.05, 0.1) is 6.61 Å². The van der Waals surface area contributed by atoms with Crippen LogP contribution in [0.25, 0.3) is 0 Å². The van der Waals surface area contributed by atoms with Gasteiger partial charge in [-0.15, -0.1) is 0 Å². The highest BCUT2D eigenvalue weighted by Crippen LogP contribution is 2.24. The van der Waals surface area contributed by atoms with Gasteiger partial charge in [-0.05, 0) is 31.8 Å². The van der Waals surface area contributed by atoms with E-state index in [0.29, 0.717) is 19.6 Å². The third-order valence-corrected chi connectivity index (χ3v) is 3.22. The minimum Gasteiger partial charge on any atom is -0.464 e. The van der Waals surface area contributed by atoms with Crippen LogP contribution in [0.2, 0.25) is 0 Å². The van der Waals surface area contributed by atoms with Crippen molar-refractivity contribution in [2.45, 2.75) is 37.4 Å². The molecule has 0 N–H and O–H groups in total. The highest BCUT2D eigenvalue weighted by Gasteiger charge is 2.20. The number of unbranched alkanes of at least 4 members (excludes halogenated alkanes) is 1. The molecule has 0 aromatic heterocycles. The Balaban J connectivity index is 2.01. The Morgan fingerprint density at radius 2 is 2.28 bits per heavy atom. The Morgan fingerprint density at radius 3 is 2.89 bits per heavy atom. The van der Waals surface area contributed by atoms with Gasteiger partial charge in [-0.25, -0.2) is 4.79 Å². The molecule has 1 aliphatic rings. The molecule has 0 fully saturated rings. The molecule has 0 radical (unpaired) electrons. The number of allylic oxidation sites excluding steroid dienone is 2. The molecule has 1 rings (SSSR count). The van der Waals surface area contributed by atoms with Gasteiger partial charge in [0.1, 0.15) is 6.61 Å². The van der Waals surface area contributed by atoms with Crippen molar-refractivity contribution in [2.75, 3.05) is 19.8 Å². The summed E-state index contributed by atoms with van der Waals surface area (Å²) in [5.41, 5.74) is 0.919. The minimum atomic E-state index is -0.326. The summed E-state index contributed by atoms with van der Waals surface area (Å²) in [6, 6.07) is 0. The molecule has 1 unspecified atom stereocenters. The minimum absolute atomic E-state index is 0.0128. The molecule has 4 nitrogen and oxygen atoms in total. The van der Waals surface area contributed by atoms with Crippen LogP contribution in [0.1, 0.15) is 32.6 Å². The second-order valence-corrected chi connectivity index (χ2v) is 5.33. The zero-order valence-electron chi connectivity index (χ0n) is 10.6. The number of hydrogen-bond donors (Lipinski definition) is 0. The van der Waals surface area contributed by atoms with E-state index >= 15 is 0 Å². The molecular weight excluding hydrogens is 300 g/mol. The molecule has 102 valence electrons. The molecule has 0 aromatic rings. The molecule has 18 heavy (non-hydrogen) atoms. The van der Waals surface area contributed by atoms with Crippen molar-refractivity contribution in [3.05, 3.63) is 11.6 Å². The third-order valence-electron chi connectivity index (χ3n) is 2.63. The van der Waals surface area contributed by atoms with Gasteiger partial charge in [-0.1, -0.05) is 22.0 Å². The van der Waals surface area contributed by atoms with Crippen molar-refractivity contribution in [3.8, 4) is 0 Å². The predicted octanol–water partition coefficient (Wildman–Crippen LogP) is 2.40. The average molecular weight is 319 g/mol. The third kappa shape index (κ3) is 5.78. The first-order chi connectivity index (χ1) is 8.63. The lowest BCUT2D eigenvalue weighted by Gasteiger charge is -2.04. The van der Waals surface area contributed by atoms with Crippen LogP contribution in [-0.2, 0) is 19.1 Å². The fourth-order valence-electron chi connectivity index (χ4n) is 1.78. The number of halogens is 1. The number of Topliss-reactive ketones (excluding diaryl/α,β-unsaturated/α-hetero) is 1. The lowest BCUT2D eigenvalue weighted by atomic mass is 10.1. The Morgan fingerprint density at radius 1 is 1.50 bits per heavy atom. The van der Waals surface area contributed by atoms with Crippen LogP contribution < -0.4 is 0 Å². The molecule has 0 aliphatic heterocycles. The summed E-state index contributed by atoms with van der Waals surface area (Å²) in [5.74, 6) is -0.0855. The average Bonchev–Trinajstić information content (AvgIpc) is 2.62. The van der Waals surface area contributed by atoms with E-state index in [4.69, 9.17) is 9.47 Å². The van der Waals surface area contributed by atoms with Gasteiger partial charge >= 0.3 is 5.97 Å². The molecule has 0 spiro atoms. The SMILES string of the molecule is CCOC(=O)COCCCCC1=CC(Br)CC1=O. The van der Waals surface area contributed by atoms with E-state index in [0.717, 1.165) is 24.8 Å². The number of carbonyl (C=O) groups excluding carboxylic acids is 2. The molecule has 0 saturated heterocycles. The fraction of sp³-hybridized carbons (Fsp3) is 0.692.